The molecule has 146 valence electrons. The molecule has 2 aliphatic rings. The lowest BCUT2D eigenvalue weighted by Crippen LogP contribution is -2.49. The van der Waals surface area contributed by atoms with Crippen molar-refractivity contribution in [2.75, 3.05) is 30.9 Å². The van der Waals surface area contributed by atoms with Gasteiger partial charge in [-0.3, -0.25) is 9.69 Å². The van der Waals surface area contributed by atoms with E-state index in [0.717, 1.165) is 23.1 Å². The molecule has 0 bridgehead atoms. The van der Waals surface area contributed by atoms with Crippen LogP contribution in [0.15, 0.2) is 24.3 Å². The lowest BCUT2D eigenvalue weighted by molar-refractivity contribution is -0.122. The van der Waals surface area contributed by atoms with Crippen molar-refractivity contribution in [1.82, 2.24) is 9.29 Å². The molecule has 0 radical (unpaired) electrons. The molecule has 1 aromatic heterocycles. The Morgan fingerprint density at radius 3 is 2.85 bits per heavy atom. The predicted octanol–water partition coefficient (Wildman–Crippen LogP) is 2.23. The highest BCUT2D eigenvalue weighted by Crippen LogP contribution is 2.32. The number of carbonyl (C=O) groups excluding carboxylic acids is 1. The zero-order chi connectivity index (χ0) is 19.0. The summed E-state index contributed by atoms with van der Waals surface area (Å²) < 4.78 is 32.3. The summed E-state index contributed by atoms with van der Waals surface area (Å²) in [5, 5.41) is 0.608. The number of sulfonamides is 1. The number of carbonyl (C=O) groups is 1. The summed E-state index contributed by atoms with van der Waals surface area (Å²) in [7, 11) is -3.43. The van der Waals surface area contributed by atoms with Crippen LogP contribution in [0.1, 0.15) is 25.7 Å². The molecule has 3 heterocycles. The molecule has 2 aliphatic heterocycles. The van der Waals surface area contributed by atoms with Gasteiger partial charge in [0.15, 0.2) is 5.13 Å². The van der Waals surface area contributed by atoms with Crippen molar-refractivity contribution in [3.05, 3.63) is 24.3 Å². The number of fused-ring (bicyclic) bond motifs is 1. The molecule has 1 aromatic carbocycles. The highest BCUT2D eigenvalue weighted by Gasteiger charge is 2.40. The van der Waals surface area contributed by atoms with Crippen LogP contribution in [-0.2, 0) is 19.6 Å². The maximum absolute atomic E-state index is 13.4. The number of aromatic nitrogens is 1. The van der Waals surface area contributed by atoms with Gasteiger partial charge in [-0.05, 0) is 37.8 Å². The van der Waals surface area contributed by atoms with Gasteiger partial charge in [-0.25, -0.2) is 13.4 Å². The number of nitrogens with zero attached hydrogens (tertiary/aromatic N) is 3. The molecule has 2 unspecified atom stereocenters. The van der Waals surface area contributed by atoms with E-state index in [0.29, 0.717) is 37.7 Å². The Kier molecular flexibility index (Phi) is 5.19. The molecule has 2 atom stereocenters. The zero-order valence-corrected chi connectivity index (χ0v) is 16.8. The minimum Gasteiger partial charge on any atom is -0.376 e. The van der Waals surface area contributed by atoms with Gasteiger partial charge in [-0.1, -0.05) is 23.5 Å². The van der Waals surface area contributed by atoms with Crippen molar-refractivity contribution >= 4 is 42.6 Å². The van der Waals surface area contributed by atoms with Gasteiger partial charge >= 0.3 is 0 Å². The van der Waals surface area contributed by atoms with Gasteiger partial charge in [0, 0.05) is 13.2 Å². The average Bonchev–Trinajstić information content (AvgIpc) is 3.38. The summed E-state index contributed by atoms with van der Waals surface area (Å²) in [6.07, 6.45) is 4.24. The van der Waals surface area contributed by atoms with E-state index < -0.39 is 16.1 Å². The van der Waals surface area contributed by atoms with E-state index in [1.165, 1.54) is 21.9 Å². The summed E-state index contributed by atoms with van der Waals surface area (Å²) in [6.45, 7) is 1.50. The van der Waals surface area contributed by atoms with Crippen LogP contribution in [0.25, 0.3) is 10.2 Å². The number of hydrogen-bond donors (Lipinski definition) is 0. The number of anilines is 1. The van der Waals surface area contributed by atoms with Crippen LogP contribution in [0.3, 0.4) is 0 Å². The minimum atomic E-state index is -3.43. The summed E-state index contributed by atoms with van der Waals surface area (Å²) in [5.41, 5.74) is 0.842. The summed E-state index contributed by atoms with van der Waals surface area (Å²) in [6, 6.07) is 7.10. The lowest BCUT2D eigenvalue weighted by Gasteiger charge is -2.29. The highest BCUT2D eigenvalue weighted by molar-refractivity contribution is 7.88. The van der Waals surface area contributed by atoms with Gasteiger partial charge in [0.1, 0.15) is 6.04 Å². The van der Waals surface area contributed by atoms with E-state index >= 15 is 0 Å². The van der Waals surface area contributed by atoms with Gasteiger partial charge in [-0.15, -0.1) is 0 Å². The second-order valence-corrected chi connectivity index (χ2v) is 10.0. The van der Waals surface area contributed by atoms with E-state index in [9.17, 15) is 13.2 Å². The number of hydrogen-bond acceptors (Lipinski definition) is 6. The van der Waals surface area contributed by atoms with Gasteiger partial charge in [0.05, 0.1) is 29.1 Å². The number of para-hydroxylation sites is 1. The van der Waals surface area contributed by atoms with E-state index in [2.05, 4.69) is 4.98 Å². The van der Waals surface area contributed by atoms with Crippen molar-refractivity contribution in [3.8, 4) is 0 Å². The van der Waals surface area contributed by atoms with Crippen LogP contribution in [0.4, 0.5) is 5.13 Å². The molecule has 9 heteroatoms. The zero-order valence-electron chi connectivity index (χ0n) is 15.2. The first kappa shape index (κ1) is 18.8. The first-order valence-electron chi connectivity index (χ1n) is 9.19. The van der Waals surface area contributed by atoms with Gasteiger partial charge in [0.2, 0.25) is 15.9 Å². The number of ether oxygens (including phenoxy) is 1. The molecule has 2 aromatic rings. The fraction of sp³-hybridized carbons (Fsp3) is 0.556. The summed E-state index contributed by atoms with van der Waals surface area (Å²) >= 11 is 1.46. The number of benzene rings is 1. The SMILES string of the molecule is CS(=O)(=O)N1CCCC1C(=O)N(CC1CCCO1)c1nc2ccccc2s1. The number of rotatable bonds is 5. The maximum atomic E-state index is 13.4. The molecular formula is C18H23N3O4S2. The Morgan fingerprint density at radius 2 is 2.15 bits per heavy atom. The molecular weight excluding hydrogens is 386 g/mol. The third kappa shape index (κ3) is 3.87. The van der Waals surface area contributed by atoms with Crippen molar-refractivity contribution in [2.45, 2.75) is 37.8 Å². The second kappa shape index (κ2) is 7.46. The molecule has 0 saturated carbocycles. The third-order valence-electron chi connectivity index (χ3n) is 5.10. The van der Waals surface area contributed by atoms with Gasteiger partial charge in [-0.2, -0.15) is 4.31 Å². The Labute approximate surface area is 163 Å². The number of thiazole rings is 1. The monoisotopic (exact) mass is 409 g/mol. The van der Waals surface area contributed by atoms with Crippen LogP contribution in [-0.4, -0.2) is 61.7 Å². The second-order valence-electron chi connectivity index (χ2n) is 7.08. The van der Waals surface area contributed by atoms with Crippen LogP contribution in [0, 0.1) is 0 Å². The van der Waals surface area contributed by atoms with E-state index in [-0.39, 0.29) is 12.0 Å². The van der Waals surface area contributed by atoms with Crippen molar-refractivity contribution in [1.29, 1.82) is 0 Å². The van der Waals surface area contributed by atoms with E-state index in [4.69, 9.17) is 4.74 Å². The predicted molar refractivity (Wildman–Crippen MR) is 106 cm³/mol. The van der Waals surface area contributed by atoms with Crippen molar-refractivity contribution < 1.29 is 17.9 Å². The smallest absolute Gasteiger partial charge is 0.247 e. The molecule has 0 N–H and O–H groups in total. The Morgan fingerprint density at radius 1 is 1.33 bits per heavy atom. The summed E-state index contributed by atoms with van der Waals surface area (Å²) in [4.78, 5) is 19.7. The van der Waals surface area contributed by atoms with E-state index in [1.54, 1.807) is 4.90 Å². The normalized spacial score (nSPS) is 23.9. The third-order valence-corrected chi connectivity index (χ3v) is 7.45. The maximum Gasteiger partial charge on any atom is 0.247 e. The molecule has 2 saturated heterocycles. The van der Waals surface area contributed by atoms with Crippen LogP contribution < -0.4 is 4.90 Å². The quantitative estimate of drug-likeness (QED) is 0.757. The summed E-state index contributed by atoms with van der Waals surface area (Å²) in [5.74, 6) is -0.201. The standard InChI is InChI=1S/C18H23N3O4S2/c1-27(23,24)21-10-4-8-15(21)17(22)20(12-13-6-5-11-25-13)18-19-14-7-2-3-9-16(14)26-18/h2-3,7,9,13,15H,4-6,8,10-12H2,1H3. The molecule has 0 aliphatic carbocycles. The molecule has 7 nitrogen and oxygen atoms in total. The first-order chi connectivity index (χ1) is 12.9. The first-order valence-corrected chi connectivity index (χ1v) is 11.9. The van der Waals surface area contributed by atoms with Gasteiger partial charge in [0.25, 0.3) is 0 Å². The lowest BCUT2D eigenvalue weighted by atomic mass is 10.2. The Bertz CT molecular complexity index is 904. The molecule has 0 spiro atoms. The highest BCUT2D eigenvalue weighted by atomic mass is 32.2. The Hall–Kier alpha value is -1.55. The van der Waals surface area contributed by atoms with E-state index in [1.807, 2.05) is 24.3 Å². The average molecular weight is 410 g/mol. The topological polar surface area (TPSA) is 79.8 Å². The van der Waals surface area contributed by atoms with Crippen molar-refractivity contribution in [2.24, 2.45) is 0 Å². The van der Waals surface area contributed by atoms with Gasteiger partial charge < -0.3 is 4.74 Å². The van der Waals surface area contributed by atoms with Crippen LogP contribution in [0.2, 0.25) is 0 Å². The number of amides is 1. The van der Waals surface area contributed by atoms with Crippen molar-refractivity contribution in [3.63, 3.8) is 0 Å². The van der Waals surface area contributed by atoms with Crippen LogP contribution >= 0.6 is 11.3 Å². The fourth-order valence-electron chi connectivity index (χ4n) is 3.79. The molecule has 2 fully saturated rings. The largest absolute Gasteiger partial charge is 0.376 e. The molecule has 4 rings (SSSR count). The molecule has 1 amide bonds. The molecule has 27 heavy (non-hydrogen) atoms. The Balaban J connectivity index is 1.67. The fourth-order valence-corrected chi connectivity index (χ4v) is 5.89. The van der Waals surface area contributed by atoms with Crippen LogP contribution in [0.5, 0.6) is 0 Å². The minimum absolute atomic E-state index is 0.0333.